The highest BCUT2D eigenvalue weighted by atomic mass is 35.5. The van der Waals surface area contributed by atoms with Crippen LogP contribution in [0.4, 0.5) is 23.2 Å². The Morgan fingerprint density at radius 2 is 1.84 bits per heavy atom. The Hall–Kier alpha value is -2.28. The summed E-state index contributed by atoms with van der Waals surface area (Å²) in [5.74, 6) is -1.44. The van der Waals surface area contributed by atoms with E-state index in [1.54, 1.807) is 18.2 Å². The van der Waals surface area contributed by atoms with Gasteiger partial charge in [0, 0.05) is 17.8 Å². The maximum absolute atomic E-state index is 13.8. The van der Waals surface area contributed by atoms with Gasteiger partial charge in [0.05, 0.1) is 10.4 Å². The molecule has 0 bridgehead atoms. The summed E-state index contributed by atoms with van der Waals surface area (Å²) < 4.78 is 57.5. The molecule has 1 saturated carbocycles. The average molecular weight is 372 g/mol. The fraction of sp³-hybridized carbons (Fsp3) is 0.235. The monoisotopic (exact) mass is 371 g/mol. The fourth-order valence-corrected chi connectivity index (χ4v) is 3.40. The number of carbonyl (C=O) groups excluding carboxylic acids is 1. The number of rotatable bonds is 2. The van der Waals surface area contributed by atoms with E-state index < -0.39 is 28.0 Å². The van der Waals surface area contributed by atoms with Gasteiger partial charge in [-0.2, -0.15) is 13.2 Å². The van der Waals surface area contributed by atoms with Gasteiger partial charge in [-0.05, 0) is 36.6 Å². The van der Waals surface area contributed by atoms with E-state index in [1.807, 2.05) is 0 Å². The van der Waals surface area contributed by atoms with Crippen molar-refractivity contribution < 1.29 is 27.1 Å². The molecule has 0 saturated heterocycles. The topological polar surface area (TPSA) is 38.3 Å². The lowest BCUT2D eigenvalue weighted by molar-refractivity contribution is -0.139. The Morgan fingerprint density at radius 1 is 1.12 bits per heavy atom. The quantitative estimate of drug-likeness (QED) is 0.730. The molecule has 25 heavy (non-hydrogen) atoms. The molecular weight excluding hydrogens is 362 g/mol. The van der Waals surface area contributed by atoms with Crippen LogP contribution < -0.4 is 10.1 Å². The molecule has 1 fully saturated rings. The summed E-state index contributed by atoms with van der Waals surface area (Å²) in [6.45, 7) is 0. The maximum atomic E-state index is 13.8. The predicted molar refractivity (Wildman–Crippen MR) is 82.5 cm³/mol. The van der Waals surface area contributed by atoms with Gasteiger partial charge in [-0.3, -0.25) is 4.79 Å². The molecule has 1 aliphatic heterocycles. The average Bonchev–Trinajstić information content (AvgIpc) is 3.23. The van der Waals surface area contributed by atoms with E-state index >= 15 is 0 Å². The number of alkyl halides is 3. The lowest BCUT2D eigenvalue weighted by Crippen LogP contribution is -2.18. The Kier molecular flexibility index (Phi) is 3.31. The van der Waals surface area contributed by atoms with Crippen molar-refractivity contribution in [2.75, 3.05) is 5.32 Å². The van der Waals surface area contributed by atoms with Crippen molar-refractivity contribution in [2.24, 2.45) is 0 Å². The van der Waals surface area contributed by atoms with Crippen molar-refractivity contribution in [2.45, 2.75) is 24.4 Å². The molecule has 1 aliphatic carbocycles. The van der Waals surface area contributed by atoms with Gasteiger partial charge in [-0.25, -0.2) is 4.39 Å². The molecule has 0 aromatic heterocycles. The second-order valence-corrected chi connectivity index (χ2v) is 6.51. The summed E-state index contributed by atoms with van der Waals surface area (Å²) in [5.41, 5.74) is -0.584. The van der Waals surface area contributed by atoms with E-state index in [-0.39, 0.29) is 17.4 Å². The number of ether oxygens (including phenoxy) is 1. The third-order valence-corrected chi connectivity index (χ3v) is 4.77. The summed E-state index contributed by atoms with van der Waals surface area (Å²) in [4.78, 5) is 12.0. The van der Waals surface area contributed by atoms with E-state index in [0.717, 1.165) is 24.5 Å². The number of halogens is 5. The first kappa shape index (κ1) is 16.2. The predicted octanol–water partition coefficient (Wildman–Crippen LogP) is 5.27. The number of anilines is 1. The van der Waals surface area contributed by atoms with Crippen molar-refractivity contribution in [3.05, 3.63) is 52.3 Å². The molecular formula is C17H10ClF4NO2. The number of carbonyl (C=O) groups is 1. The zero-order valence-electron chi connectivity index (χ0n) is 12.5. The minimum absolute atomic E-state index is 0.0664. The SMILES string of the molecule is O=C1Nc2ccc(Oc3cc(F)c(C(F)(F)F)c(Cl)c3)cc2C12CC2. The summed E-state index contributed by atoms with van der Waals surface area (Å²) in [6, 6.07) is 6.39. The minimum atomic E-state index is -4.89. The van der Waals surface area contributed by atoms with Gasteiger partial charge < -0.3 is 10.1 Å². The minimum Gasteiger partial charge on any atom is -0.457 e. The van der Waals surface area contributed by atoms with E-state index in [2.05, 4.69) is 5.32 Å². The molecule has 2 aliphatic rings. The van der Waals surface area contributed by atoms with Crippen LogP contribution in [-0.4, -0.2) is 5.91 Å². The molecule has 1 amide bonds. The van der Waals surface area contributed by atoms with Gasteiger partial charge in [0.1, 0.15) is 22.9 Å². The number of benzene rings is 2. The Bertz CT molecular complexity index is 883. The van der Waals surface area contributed by atoms with Crippen molar-refractivity contribution in [1.82, 2.24) is 0 Å². The summed E-state index contributed by atoms with van der Waals surface area (Å²) >= 11 is 5.56. The van der Waals surface area contributed by atoms with Gasteiger partial charge in [0.2, 0.25) is 5.91 Å². The summed E-state index contributed by atoms with van der Waals surface area (Å²) in [7, 11) is 0. The third-order valence-electron chi connectivity index (χ3n) is 4.47. The molecule has 3 nitrogen and oxygen atoms in total. The Morgan fingerprint density at radius 3 is 2.44 bits per heavy atom. The molecule has 8 heteroatoms. The van der Waals surface area contributed by atoms with Crippen LogP contribution in [0.5, 0.6) is 11.5 Å². The molecule has 1 spiro atoms. The molecule has 130 valence electrons. The Labute approximate surface area is 144 Å². The molecule has 1 heterocycles. The van der Waals surface area contributed by atoms with Crippen molar-refractivity contribution in [3.63, 3.8) is 0 Å². The first-order valence-corrected chi connectivity index (χ1v) is 7.79. The van der Waals surface area contributed by atoms with Gasteiger partial charge in [-0.15, -0.1) is 0 Å². The maximum Gasteiger partial charge on any atom is 0.420 e. The Balaban J connectivity index is 1.66. The molecule has 0 radical (unpaired) electrons. The van der Waals surface area contributed by atoms with Crippen LogP contribution in [-0.2, 0) is 16.4 Å². The van der Waals surface area contributed by atoms with Crippen LogP contribution in [0.15, 0.2) is 30.3 Å². The van der Waals surface area contributed by atoms with Crippen LogP contribution in [0.1, 0.15) is 24.0 Å². The normalized spacial score (nSPS) is 17.4. The number of nitrogens with one attached hydrogen (secondary N) is 1. The van der Waals surface area contributed by atoms with Crippen molar-refractivity contribution >= 4 is 23.2 Å². The van der Waals surface area contributed by atoms with E-state index in [9.17, 15) is 22.4 Å². The highest BCUT2D eigenvalue weighted by Crippen LogP contribution is 2.56. The molecule has 2 aromatic rings. The van der Waals surface area contributed by atoms with E-state index in [0.29, 0.717) is 11.8 Å². The van der Waals surface area contributed by atoms with Crippen LogP contribution in [0.25, 0.3) is 0 Å². The zero-order valence-corrected chi connectivity index (χ0v) is 13.3. The highest BCUT2D eigenvalue weighted by molar-refractivity contribution is 6.31. The van der Waals surface area contributed by atoms with E-state index in [1.165, 1.54) is 0 Å². The van der Waals surface area contributed by atoms with Gasteiger partial charge >= 0.3 is 6.18 Å². The number of hydrogen-bond acceptors (Lipinski definition) is 2. The molecule has 1 N–H and O–H groups in total. The van der Waals surface area contributed by atoms with Crippen LogP contribution >= 0.6 is 11.6 Å². The molecule has 4 rings (SSSR count). The number of fused-ring (bicyclic) bond motifs is 2. The van der Waals surface area contributed by atoms with Crippen molar-refractivity contribution in [3.8, 4) is 11.5 Å². The van der Waals surface area contributed by atoms with Crippen LogP contribution in [0.2, 0.25) is 5.02 Å². The summed E-state index contributed by atoms with van der Waals surface area (Å²) in [5, 5.41) is 2.00. The van der Waals surface area contributed by atoms with Crippen LogP contribution in [0, 0.1) is 5.82 Å². The van der Waals surface area contributed by atoms with Gasteiger partial charge in [0.15, 0.2) is 0 Å². The molecule has 2 aromatic carbocycles. The summed E-state index contributed by atoms with van der Waals surface area (Å²) in [6.07, 6.45) is -3.43. The first-order chi connectivity index (χ1) is 11.7. The fourth-order valence-electron chi connectivity index (χ4n) is 3.09. The molecule has 0 unspecified atom stereocenters. The van der Waals surface area contributed by atoms with Gasteiger partial charge in [-0.1, -0.05) is 11.6 Å². The van der Waals surface area contributed by atoms with Gasteiger partial charge in [0.25, 0.3) is 0 Å². The molecule has 0 atom stereocenters. The van der Waals surface area contributed by atoms with Crippen molar-refractivity contribution in [1.29, 1.82) is 0 Å². The highest BCUT2D eigenvalue weighted by Gasteiger charge is 2.56. The smallest absolute Gasteiger partial charge is 0.420 e. The third kappa shape index (κ3) is 2.54. The van der Waals surface area contributed by atoms with E-state index in [4.69, 9.17) is 16.3 Å². The lowest BCUT2D eigenvalue weighted by atomic mass is 9.98. The largest absolute Gasteiger partial charge is 0.457 e. The lowest BCUT2D eigenvalue weighted by Gasteiger charge is -2.13. The number of amides is 1. The number of hydrogen-bond donors (Lipinski definition) is 1. The standard InChI is InChI=1S/C17H10ClF4NO2/c18-11-6-9(7-12(19)14(11)17(20,21)22)25-8-1-2-13-10(5-8)16(3-4-16)15(24)23-13/h1-2,5-7H,3-4H2,(H,23,24). The second kappa shape index (κ2) is 5.11. The first-order valence-electron chi connectivity index (χ1n) is 7.41. The van der Waals surface area contributed by atoms with Crippen LogP contribution in [0.3, 0.4) is 0 Å². The zero-order chi connectivity index (χ0) is 18.0. The second-order valence-electron chi connectivity index (χ2n) is 6.11.